The Hall–Kier alpha value is -3.64. The second-order valence-corrected chi connectivity index (χ2v) is 29.1. The fourth-order valence-electron chi connectivity index (χ4n) is 8.10. The lowest BCUT2D eigenvalue weighted by Gasteiger charge is -2.47. The van der Waals surface area contributed by atoms with Crippen molar-refractivity contribution in [2.75, 3.05) is 6.61 Å². The third-order valence-corrected chi connectivity index (χ3v) is 23.1. The molecule has 0 saturated carbocycles. The summed E-state index contributed by atoms with van der Waals surface area (Å²) in [6, 6.07) is 39.4. The number of para-hydroxylation sites is 2. The van der Waals surface area contributed by atoms with Crippen LogP contribution in [0, 0.1) is 0 Å². The second-order valence-electron chi connectivity index (χ2n) is 18.6. The SMILES string of the molecule is CC(C)(C)[Si](C)(C)O[C@@]1(C)CC[C@H]2OC(OP(=O)(Oc3ccccc3)Oc3ccccc3)=CCC[C@@H]2O[C@@H]1CCCO[Si](c1ccccc1)(c1ccccc1)C(C)(C)C. The molecule has 8 nitrogen and oxygen atoms in total. The van der Waals surface area contributed by atoms with E-state index in [9.17, 15) is 4.57 Å². The predicted octanol–water partition coefficient (Wildman–Crippen LogP) is 12.0. The zero-order valence-corrected chi connectivity index (χ0v) is 39.4. The maximum absolute atomic E-state index is 14.4. The topological polar surface area (TPSA) is 81.7 Å². The van der Waals surface area contributed by atoms with E-state index in [0.29, 0.717) is 43.8 Å². The number of rotatable bonds is 15. The summed E-state index contributed by atoms with van der Waals surface area (Å²) in [6.45, 7) is 21.2. The summed E-state index contributed by atoms with van der Waals surface area (Å²) in [5.74, 6) is 0.828. The Bertz CT molecular complexity index is 1920. The van der Waals surface area contributed by atoms with Crippen molar-refractivity contribution in [3.8, 4) is 11.5 Å². The first kappa shape index (κ1) is 44.9. The van der Waals surface area contributed by atoms with E-state index in [1.165, 1.54) is 10.4 Å². The van der Waals surface area contributed by atoms with Crippen LogP contribution in [-0.2, 0) is 27.4 Å². The molecular formula is C48H65O8PSi2. The van der Waals surface area contributed by atoms with Crippen molar-refractivity contribution >= 4 is 34.8 Å². The van der Waals surface area contributed by atoms with Crippen LogP contribution in [0.15, 0.2) is 133 Å². The van der Waals surface area contributed by atoms with Gasteiger partial charge in [0, 0.05) is 6.61 Å². The Labute approximate surface area is 355 Å². The van der Waals surface area contributed by atoms with Crippen LogP contribution in [0.3, 0.4) is 0 Å². The smallest absolute Gasteiger partial charge is 0.459 e. The maximum atomic E-state index is 14.4. The average Bonchev–Trinajstić information content (AvgIpc) is 3.44. The third-order valence-electron chi connectivity index (χ3n) is 12.2. The number of allylic oxidation sites excluding steroid dienone is 1. The van der Waals surface area contributed by atoms with Crippen LogP contribution in [0.1, 0.15) is 87.0 Å². The van der Waals surface area contributed by atoms with Crippen LogP contribution in [0.25, 0.3) is 0 Å². The summed E-state index contributed by atoms with van der Waals surface area (Å²) < 4.78 is 61.0. The molecule has 0 amide bonds. The zero-order valence-electron chi connectivity index (χ0n) is 36.5. The molecule has 1 fully saturated rings. The van der Waals surface area contributed by atoms with Gasteiger partial charge in [-0.05, 0) is 109 Å². The molecule has 0 spiro atoms. The number of ether oxygens (including phenoxy) is 2. The molecule has 0 radical (unpaired) electrons. The molecule has 6 rings (SSSR count). The highest BCUT2D eigenvalue weighted by Crippen LogP contribution is 2.53. The Kier molecular flexibility index (Phi) is 14.1. The van der Waals surface area contributed by atoms with Crippen molar-refractivity contribution in [1.82, 2.24) is 0 Å². The van der Waals surface area contributed by atoms with Gasteiger partial charge in [-0.25, -0.2) is 0 Å². The van der Waals surface area contributed by atoms with E-state index in [1.807, 2.05) is 18.2 Å². The Balaban J connectivity index is 1.23. The lowest BCUT2D eigenvalue weighted by molar-refractivity contribution is -0.134. The molecule has 318 valence electrons. The summed E-state index contributed by atoms with van der Waals surface area (Å²) in [6.07, 6.45) is 5.22. The first-order chi connectivity index (χ1) is 27.9. The minimum Gasteiger partial charge on any atom is -0.459 e. The average molecular weight is 857 g/mol. The van der Waals surface area contributed by atoms with Gasteiger partial charge in [0.25, 0.3) is 14.3 Å². The van der Waals surface area contributed by atoms with E-state index >= 15 is 0 Å². The molecule has 0 N–H and O–H groups in total. The van der Waals surface area contributed by atoms with Crippen LogP contribution in [0.4, 0.5) is 0 Å². The standard InChI is InChI=1S/C48H65O8PSi2/c1-46(2,3)58(8,9)56-48(7)36-35-43-42(32-22-34-45(52-43)55-57(49,53-38-24-14-10-15-25-38)54-39-26-16-11-17-27-39)51-44(48)33-23-37-50-59(47(4,5)6,40-28-18-12-19-29-40)41-30-20-13-21-31-41/h10-21,24-31,34,42-44H,22-23,32-33,35-37H2,1-9H3/t42-,43+,44+,48-/m0/s1. The molecule has 0 bridgehead atoms. The molecule has 11 heteroatoms. The zero-order chi connectivity index (χ0) is 42.4. The van der Waals surface area contributed by atoms with Crippen molar-refractivity contribution in [2.45, 2.75) is 134 Å². The number of phosphoric acid groups is 1. The van der Waals surface area contributed by atoms with Gasteiger partial charge in [0.2, 0.25) is 0 Å². The molecule has 2 aliphatic heterocycles. The van der Waals surface area contributed by atoms with E-state index in [4.69, 9.17) is 31.9 Å². The first-order valence-electron chi connectivity index (χ1n) is 21.2. The molecule has 4 aromatic carbocycles. The molecule has 0 aromatic heterocycles. The van der Waals surface area contributed by atoms with Gasteiger partial charge in [0.1, 0.15) is 17.6 Å². The fraction of sp³-hybridized carbons (Fsp3) is 0.458. The van der Waals surface area contributed by atoms with Gasteiger partial charge in [0.15, 0.2) is 8.32 Å². The monoisotopic (exact) mass is 856 g/mol. The van der Waals surface area contributed by atoms with E-state index in [0.717, 1.165) is 12.8 Å². The van der Waals surface area contributed by atoms with E-state index in [1.54, 1.807) is 48.5 Å². The number of hydrogen-bond acceptors (Lipinski definition) is 8. The van der Waals surface area contributed by atoms with Gasteiger partial charge < -0.3 is 31.9 Å². The van der Waals surface area contributed by atoms with Gasteiger partial charge >= 0.3 is 7.82 Å². The molecule has 1 saturated heterocycles. The fourth-order valence-corrected chi connectivity index (χ4v) is 15.6. The summed E-state index contributed by atoms with van der Waals surface area (Å²) in [4.78, 5) is 0. The largest absolute Gasteiger partial charge is 0.649 e. The Morgan fingerprint density at radius 1 is 0.695 bits per heavy atom. The van der Waals surface area contributed by atoms with Gasteiger partial charge in [-0.3, -0.25) is 0 Å². The van der Waals surface area contributed by atoms with E-state index in [-0.39, 0.29) is 34.3 Å². The second kappa shape index (κ2) is 18.5. The number of hydrogen-bond donors (Lipinski definition) is 0. The molecule has 0 aliphatic carbocycles. The summed E-state index contributed by atoms with van der Waals surface area (Å²) >= 11 is 0. The summed E-state index contributed by atoms with van der Waals surface area (Å²) in [5, 5.41) is 2.43. The molecule has 2 heterocycles. The van der Waals surface area contributed by atoms with Gasteiger partial charge in [-0.1, -0.05) is 139 Å². The van der Waals surface area contributed by atoms with Gasteiger partial charge in [0.05, 0.1) is 17.8 Å². The highest BCUT2D eigenvalue weighted by atomic mass is 31.2. The summed E-state index contributed by atoms with van der Waals surface area (Å²) in [5.41, 5.74) is -0.581. The molecule has 4 aromatic rings. The minimum absolute atomic E-state index is 0.00239. The number of fused-ring (bicyclic) bond motifs is 1. The number of phosphoric ester groups is 1. The van der Waals surface area contributed by atoms with Crippen LogP contribution in [0.5, 0.6) is 11.5 Å². The number of benzene rings is 4. The lowest BCUT2D eigenvalue weighted by atomic mass is 9.90. The first-order valence-corrected chi connectivity index (χ1v) is 27.5. The molecular weight excluding hydrogens is 792 g/mol. The highest BCUT2D eigenvalue weighted by Gasteiger charge is 2.52. The highest BCUT2D eigenvalue weighted by molar-refractivity contribution is 7.49. The normalized spacial score (nSPS) is 21.8. The Morgan fingerprint density at radius 2 is 1.20 bits per heavy atom. The predicted molar refractivity (Wildman–Crippen MR) is 242 cm³/mol. The van der Waals surface area contributed by atoms with E-state index in [2.05, 4.69) is 122 Å². The van der Waals surface area contributed by atoms with Crippen molar-refractivity contribution in [3.05, 3.63) is 133 Å². The van der Waals surface area contributed by atoms with Gasteiger partial charge in [-0.15, -0.1) is 0 Å². The van der Waals surface area contributed by atoms with Crippen LogP contribution in [0.2, 0.25) is 23.2 Å². The van der Waals surface area contributed by atoms with Crippen molar-refractivity contribution in [1.29, 1.82) is 0 Å². The molecule has 59 heavy (non-hydrogen) atoms. The molecule has 0 unspecified atom stereocenters. The van der Waals surface area contributed by atoms with Crippen LogP contribution >= 0.6 is 7.82 Å². The van der Waals surface area contributed by atoms with Crippen LogP contribution < -0.4 is 19.4 Å². The van der Waals surface area contributed by atoms with Crippen molar-refractivity contribution in [3.63, 3.8) is 0 Å². The maximum Gasteiger partial charge on any atom is 0.649 e. The minimum atomic E-state index is -4.25. The lowest BCUT2D eigenvalue weighted by Crippen LogP contribution is -2.66. The molecule has 4 atom stereocenters. The van der Waals surface area contributed by atoms with Crippen LogP contribution in [-0.4, -0.2) is 47.2 Å². The summed E-state index contributed by atoms with van der Waals surface area (Å²) in [7, 11) is -9.20. The van der Waals surface area contributed by atoms with Crippen molar-refractivity contribution in [2.24, 2.45) is 0 Å². The Morgan fingerprint density at radius 3 is 1.69 bits per heavy atom. The molecule has 2 aliphatic rings. The third kappa shape index (κ3) is 10.8. The van der Waals surface area contributed by atoms with Gasteiger partial charge in [-0.2, -0.15) is 4.57 Å². The quantitative estimate of drug-likeness (QED) is 0.0664. The van der Waals surface area contributed by atoms with Crippen molar-refractivity contribution < 1.29 is 36.5 Å². The van der Waals surface area contributed by atoms with E-state index < -0.39 is 30.1 Å².